The number of carbonyl (C=O) groups is 2. The van der Waals surface area contributed by atoms with Crippen LogP contribution < -0.4 is 15.4 Å². The number of methoxy groups -OCH3 is 1. The van der Waals surface area contributed by atoms with E-state index in [0.29, 0.717) is 34.3 Å². The molecule has 2 heterocycles. The van der Waals surface area contributed by atoms with Gasteiger partial charge in [0.1, 0.15) is 11.9 Å². The van der Waals surface area contributed by atoms with Gasteiger partial charge >= 0.3 is 6.03 Å². The summed E-state index contributed by atoms with van der Waals surface area (Å²) in [5, 5.41) is 6.07. The van der Waals surface area contributed by atoms with Crippen molar-refractivity contribution in [1.82, 2.24) is 14.6 Å². The van der Waals surface area contributed by atoms with Crippen molar-refractivity contribution in [3.05, 3.63) is 89.0 Å². The molecule has 0 radical (unpaired) electrons. The van der Waals surface area contributed by atoms with Gasteiger partial charge in [0, 0.05) is 37.0 Å². The summed E-state index contributed by atoms with van der Waals surface area (Å²) in [4.78, 5) is 33.1. The smallest absolute Gasteiger partial charge is 0.322 e. The molecular weight excluding hydrogens is 629 g/mol. The fraction of sp³-hybridized carbons (Fsp3) is 0.441. The monoisotopic (exact) mass is 669 g/mol. The molecule has 2 fully saturated rings. The summed E-state index contributed by atoms with van der Waals surface area (Å²) in [5.41, 5.74) is 0.733. The number of urea groups is 1. The van der Waals surface area contributed by atoms with E-state index in [2.05, 4.69) is 20.3 Å². The molecule has 0 bridgehead atoms. The van der Waals surface area contributed by atoms with Crippen LogP contribution in [0.1, 0.15) is 64.1 Å². The van der Waals surface area contributed by atoms with Crippen molar-refractivity contribution in [3.63, 3.8) is 0 Å². The lowest BCUT2D eigenvalue weighted by Crippen LogP contribution is -2.49. The van der Waals surface area contributed by atoms with E-state index in [1.807, 2.05) is 39.0 Å². The maximum atomic E-state index is 15.5. The van der Waals surface area contributed by atoms with Crippen LogP contribution in [0.15, 0.2) is 66.9 Å². The second kappa shape index (κ2) is 14.2. The van der Waals surface area contributed by atoms with Gasteiger partial charge in [0.05, 0.1) is 38.8 Å². The van der Waals surface area contributed by atoms with E-state index in [1.165, 1.54) is 18.1 Å². The number of ether oxygens (including phenoxy) is 1. The summed E-state index contributed by atoms with van der Waals surface area (Å²) >= 11 is 5.97. The van der Waals surface area contributed by atoms with Crippen molar-refractivity contribution in [2.24, 2.45) is 5.92 Å². The van der Waals surface area contributed by atoms with Crippen molar-refractivity contribution >= 4 is 45.9 Å². The molecule has 1 saturated carbocycles. The number of anilines is 2. The molecule has 1 saturated heterocycles. The lowest BCUT2D eigenvalue weighted by atomic mass is 9.82. The van der Waals surface area contributed by atoms with E-state index in [9.17, 15) is 13.8 Å². The van der Waals surface area contributed by atoms with E-state index in [1.54, 1.807) is 42.6 Å². The number of pyridine rings is 1. The predicted octanol–water partition coefficient (Wildman–Crippen LogP) is 6.62. The van der Waals surface area contributed by atoms with Crippen LogP contribution in [0.3, 0.4) is 0 Å². The number of hydrogen-bond acceptors (Lipinski definition) is 5. The van der Waals surface area contributed by atoms with Crippen LogP contribution in [-0.2, 0) is 26.1 Å². The summed E-state index contributed by atoms with van der Waals surface area (Å²) in [5.74, 6) is -0.618. The molecule has 1 aliphatic heterocycles. The number of carbonyl (C=O) groups excluding carboxylic acids is 2. The van der Waals surface area contributed by atoms with Gasteiger partial charge in [-0.1, -0.05) is 36.6 Å². The molecule has 3 N–H and O–H groups in total. The van der Waals surface area contributed by atoms with Crippen LogP contribution >= 0.6 is 11.6 Å². The van der Waals surface area contributed by atoms with Crippen LogP contribution in [-0.4, -0.2) is 56.6 Å². The molecular formula is C34H41ClFN5O4S. The Kier molecular flexibility index (Phi) is 10.5. The summed E-state index contributed by atoms with van der Waals surface area (Å²) < 4.78 is 37.4. The van der Waals surface area contributed by atoms with Gasteiger partial charge in [-0.15, -0.1) is 0 Å². The minimum Gasteiger partial charge on any atom is -0.380 e. The highest BCUT2D eigenvalue weighted by Gasteiger charge is 2.43. The quantitative estimate of drug-likeness (QED) is 0.213. The molecule has 9 nitrogen and oxygen atoms in total. The fourth-order valence-electron chi connectivity index (χ4n) is 5.61. The Bertz CT molecular complexity index is 1570. The molecule has 3 aromatic rings. The van der Waals surface area contributed by atoms with E-state index in [0.717, 1.165) is 19.3 Å². The van der Waals surface area contributed by atoms with Crippen LogP contribution in [0.4, 0.5) is 20.6 Å². The highest BCUT2D eigenvalue weighted by Crippen LogP contribution is 2.42. The fourth-order valence-corrected chi connectivity index (χ4v) is 6.68. The highest BCUT2D eigenvalue weighted by atomic mass is 35.5. The zero-order chi connectivity index (χ0) is 33.1. The SMILES string of the molecule is COC1CC(C(=O)Nc2cc(C(CCC3CC3)(N[S@@](=O)C(C)(C)C)c3ccccn3)ccc2F)N(C(=O)Nc2ccc(Cl)cc2)C1. The minimum atomic E-state index is -1.50. The van der Waals surface area contributed by atoms with Gasteiger partial charge in [-0.05, 0) is 93.6 Å². The zero-order valence-electron chi connectivity index (χ0n) is 26.5. The van der Waals surface area contributed by atoms with Gasteiger partial charge in [-0.3, -0.25) is 9.78 Å². The highest BCUT2D eigenvalue weighted by molar-refractivity contribution is 7.84. The molecule has 12 heteroatoms. The second-order valence-corrected chi connectivity index (χ2v) is 15.4. The van der Waals surface area contributed by atoms with E-state index in [-0.39, 0.29) is 24.8 Å². The van der Waals surface area contributed by atoms with Crippen LogP contribution in [0.2, 0.25) is 5.02 Å². The molecule has 0 spiro atoms. The maximum absolute atomic E-state index is 15.5. The second-order valence-electron chi connectivity index (χ2n) is 13.0. The number of amides is 3. The number of likely N-dealkylation sites (tertiary alicyclic amines) is 1. The third-order valence-electron chi connectivity index (χ3n) is 8.52. The summed E-state index contributed by atoms with van der Waals surface area (Å²) in [6.07, 6.45) is 5.26. The molecule has 46 heavy (non-hydrogen) atoms. The Hall–Kier alpha value is -3.38. The minimum absolute atomic E-state index is 0.0449. The molecule has 1 aliphatic carbocycles. The average molecular weight is 670 g/mol. The molecule has 4 atom stereocenters. The Morgan fingerprint density at radius 2 is 1.83 bits per heavy atom. The van der Waals surface area contributed by atoms with Gasteiger partial charge in [-0.25, -0.2) is 18.1 Å². The van der Waals surface area contributed by atoms with E-state index >= 15 is 4.39 Å². The number of aromatic nitrogens is 1. The van der Waals surface area contributed by atoms with Gasteiger partial charge < -0.3 is 20.3 Å². The predicted molar refractivity (Wildman–Crippen MR) is 179 cm³/mol. The van der Waals surface area contributed by atoms with Gasteiger partial charge in [-0.2, -0.15) is 0 Å². The Balaban J connectivity index is 1.46. The van der Waals surface area contributed by atoms with E-state index in [4.69, 9.17) is 16.3 Å². The number of hydrogen-bond donors (Lipinski definition) is 3. The Morgan fingerprint density at radius 3 is 2.46 bits per heavy atom. The first-order valence-electron chi connectivity index (χ1n) is 15.5. The summed E-state index contributed by atoms with van der Waals surface area (Å²) in [6.45, 7) is 5.85. The normalized spacial score (nSPS) is 20.2. The topological polar surface area (TPSA) is 113 Å². The number of nitrogens with zero attached hydrogens (tertiary/aromatic N) is 2. The lowest BCUT2D eigenvalue weighted by Gasteiger charge is -2.37. The number of rotatable bonds is 11. The van der Waals surface area contributed by atoms with Crippen LogP contribution in [0.25, 0.3) is 0 Å². The van der Waals surface area contributed by atoms with Crippen molar-refractivity contribution in [3.8, 4) is 0 Å². The van der Waals surface area contributed by atoms with Crippen LogP contribution in [0.5, 0.6) is 0 Å². The van der Waals surface area contributed by atoms with E-state index < -0.39 is 45.1 Å². The standard InChI is InChI=1S/C34H41ClFN5O4S/c1-33(2,3)46(44)40-34(17-16-22-8-9-22,30-7-5-6-18-37-30)23-10-15-27(36)28(19-23)39-31(42)29-20-26(45-4)21-41(29)32(43)38-25-13-11-24(35)12-14-25/h5-7,10-15,18-19,22,26,29,40H,8-9,16-17,20-21H2,1-4H3,(H,38,43)(H,39,42)/t26?,29?,34?,46-/m0/s1. The third kappa shape index (κ3) is 7.94. The molecule has 246 valence electrons. The zero-order valence-corrected chi connectivity index (χ0v) is 28.1. The first-order chi connectivity index (χ1) is 21.9. The number of nitrogens with one attached hydrogen (secondary N) is 3. The molecule has 1 aromatic heterocycles. The first kappa shape index (κ1) is 34.0. The summed E-state index contributed by atoms with van der Waals surface area (Å²) in [7, 11) is 0.0209. The average Bonchev–Trinajstić information content (AvgIpc) is 3.76. The van der Waals surface area contributed by atoms with Gasteiger partial charge in [0.2, 0.25) is 5.91 Å². The first-order valence-corrected chi connectivity index (χ1v) is 17.0. The van der Waals surface area contributed by atoms with Crippen molar-refractivity contribution in [2.45, 2.75) is 75.3 Å². The Labute approximate surface area is 277 Å². The van der Waals surface area contributed by atoms with Gasteiger partial charge in [0.15, 0.2) is 0 Å². The van der Waals surface area contributed by atoms with Crippen molar-refractivity contribution in [1.29, 1.82) is 0 Å². The van der Waals surface area contributed by atoms with Crippen LogP contribution in [0, 0.1) is 11.7 Å². The number of halogens is 2. The molecule has 2 aromatic carbocycles. The van der Waals surface area contributed by atoms with Crippen molar-refractivity contribution in [2.75, 3.05) is 24.3 Å². The molecule has 3 amide bonds. The Morgan fingerprint density at radius 1 is 1.09 bits per heavy atom. The van der Waals surface area contributed by atoms with Gasteiger partial charge in [0.25, 0.3) is 0 Å². The largest absolute Gasteiger partial charge is 0.380 e. The van der Waals surface area contributed by atoms with Crippen molar-refractivity contribution < 1.29 is 22.9 Å². The molecule has 2 aliphatic rings. The summed E-state index contributed by atoms with van der Waals surface area (Å²) in [6, 6.07) is 15.3. The maximum Gasteiger partial charge on any atom is 0.322 e. The molecule has 3 unspecified atom stereocenters. The number of benzene rings is 2. The molecule has 5 rings (SSSR count). The lowest BCUT2D eigenvalue weighted by molar-refractivity contribution is -0.119. The third-order valence-corrected chi connectivity index (χ3v) is 10.4.